The number of hydrogen-bond donors (Lipinski definition) is 0. The van der Waals surface area contributed by atoms with Gasteiger partial charge in [-0.2, -0.15) is 5.10 Å². The van der Waals surface area contributed by atoms with Crippen LogP contribution < -0.4 is 0 Å². The summed E-state index contributed by atoms with van der Waals surface area (Å²) in [5.41, 5.74) is 1.37. The number of nitrogens with zero attached hydrogens (tertiary/aromatic N) is 4. The lowest BCUT2D eigenvalue weighted by Crippen LogP contribution is -2.45. The number of piperidine rings is 2. The van der Waals surface area contributed by atoms with Gasteiger partial charge in [0.15, 0.2) is 0 Å². The van der Waals surface area contributed by atoms with Crippen molar-refractivity contribution in [2.24, 2.45) is 11.8 Å². The summed E-state index contributed by atoms with van der Waals surface area (Å²) < 4.78 is 2.18. The molecule has 4 nitrogen and oxygen atoms in total. The molecule has 3 aliphatic rings. The third kappa shape index (κ3) is 5.35. The summed E-state index contributed by atoms with van der Waals surface area (Å²) in [7, 11) is 0. The Kier molecular flexibility index (Phi) is 6.88. The summed E-state index contributed by atoms with van der Waals surface area (Å²) in [4.78, 5) is 5.59. The standard InChI is InChI=1S/C23H40N4/c1-2-20-16-24-27(18-20)19-22-8-12-25(13-9-22)17-21-10-14-26(15-11-21)23-6-4-3-5-7-23/h16,18,21-23H,2-15,17,19H2,1H3. The van der Waals surface area contributed by atoms with Gasteiger partial charge in [0, 0.05) is 25.3 Å². The highest BCUT2D eigenvalue weighted by Crippen LogP contribution is 2.28. The quantitative estimate of drug-likeness (QED) is 0.748. The Morgan fingerprint density at radius 3 is 2.19 bits per heavy atom. The van der Waals surface area contributed by atoms with Crippen LogP contribution >= 0.6 is 0 Å². The topological polar surface area (TPSA) is 24.3 Å². The lowest BCUT2D eigenvalue weighted by atomic mass is 9.89. The van der Waals surface area contributed by atoms with Gasteiger partial charge in [-0.3, -0.25) is 4.68 Å². The fourth-order valence-electron chi connectivity index (χ4n) is 5.62. The van der Waals surface area contributed by atoms with Crippen molar-refractivity contribution in [3.63, 3.8) is 0 Å². The van der Waals surface area contributed by atoms with Crippen molar-refractivity contribution in [2.75, 3.05) is 32.7 Å². The molecule has 0 bridgehead atoms. The molecule has 1 aromatic rings. The van der Waals surface area contributed by atoms with E-state index in [1.165, 1.54) is 96.1 Å². The Labute approximate surface area is 166 Å². The number of aryl methyl sites for hydroxylation is 1. The SMILES string of the molecule is CCc1cnn(CC2CCN(CC3CCN(C4CCCCC4)CC3)CC2)c1. The minimum atomic E-state index is 0.819. The van der Waals surface area contributed by atoms with Crippen LogP contribution in [-0.4, -0.2) is 58.3 Å². The van der Waals surface area contributed by atoms with Gasteiger partial charge in [0.1, 0.15) is 0 Å². The molecule has 0 aromatic carbocycles. The van der Waals surface area contributed by atoms with Gasteiger partial charge in [-0.1, -0.05) is 26.2 Å². The van der Waals surface area contributed by atoms with Crippen LogP contribution in [0.5, 0.6) is 0 Å². The van der Waals surface area contributed by atoms with Gasteiger partial charge in [-0.05, 0) is 88.5 Å². The van der Waals surface area contributed by atoms with Crippen LogP contribution in [0.25, 0.3) is 0 Å². The van der Waals surface area contributed by atoms with Gasteiger partial charge >= 0.3 is 0 Å². The molecule has 0 radical (unpaired) electrons. The normalized spacial score (nSPS) is 25.2. The highest BCUT2D eigenvalue weighted by molar-refractivity contribution is 5.02. The van der Waals surface area contributed by atoms with Crippen molar-refractivity contribution in [3.05, 3.63) is 18.0 Å². The zero-order chi connectivity index (χ0) is 18.5. The Balaban J connectivity index is 1.14. The minimum Gasteiger partial charge on any atom is -0.303 e. The van der Waals surface area contributed by atoms with Crippen molar-refractivity contribution in [1.29, 1.82) is 0 Å². The highest BCUT2D eigenvalue weighted by Gasteiger charge is 2.28. The first-order chi connectivity index (χ1) is 13.3. The van der Waals surface area contributed by atoms with E-state index in [0.29, 0.717) is 0 Å². The van der Waals surface area contributed by atoms with E-state index in [4.69, 9.17) is 0 Å². The molecule has 0 spiro atoms. The second-order valence-electron chi connectivity index (χ2n) is 9.44. The van der Waals surface area contributed by atoms with Crippen molar-refractivity contribution >= 4 is 0 Å². The van der Waals surface area contributed by atoms with Crippen LogP contribution in [0.1, 0.15) is 70.3 Å². The second-order valence-corrected chi connectivity index (χ2v) is 9.44. The average Bonchev–Trinajstić information content (AvgIpc) is 3.18. The Hall–Kier alpha value is -0.870. The van der Waals surface area contributed by atoms with Crippen LogP contribution in [-0.2, 0) is 13.0 Å². The molecule has 1 saturated carbocycles. The Morgan fingerprint density at radius 2 is 1.52 bits per heavy atom. The summed E-state index contributed by atoms with van der Waals surface area (Å²) in [6.07, 6.45) is 18.3. The maximum absolute atomic E-state index is 4.54. The summed E-state index contributed by atoms with van der Waals surface area (Å²) in [6.45, 7) is 10.0. The molecule has 3 heterocycles. The number of rotatable bonds is 6. The van der Waals surface area contributed by atoms with E-state index in [-0.39, 0.29) is 0 Å². The Morgan fingerprint density at radius 1 is 0.852 bits per heavy atom. The van der Waals surface area contributed by atoms with Gasteiger partial charge in [-0.15, -0.1) is 0 Å². The largest absolute Gasteiger partial charge is 0.303 e. The first-order valence-electron chi connectivity index (χ1n) is 11.8. The third-order valence-electron chi connectivity index (χ3n) is 7.50. The number of likely N-dealkylation sites (tertiary alicyclic amines) is 2. The second kappa shape index (κ2) is 9.56. The molecule has 1 aromatic heterocycles. The maximum atomic E-state index is 4.54. The van der Waals surface area contributed by atoms with E-state index in [9.17, 15) is 0 Å². The fourth-order valence-corrected chi connectivity index (χ4v) is 5.62. The molecule has 0 amide bonds. The van der Waals surface area contributed by atoms with Gasteiger partial charge in [0.2, 0.25) is 0 Å². The highest BCUT2D eigenvalue weighted by atomic mass is 15.3. The van der Waals surface area contributed by atoms with Gasteiger partial charge in [0.25, 0.3) is 0 Å². The van der Waals surface area contributed by atoms with Crippen LogP contribution in [0.4, 0.5) is 0 Å². The van der Waals surface area contributed by atoms with E-state index in [2.05, 4.69) is 32.7 Å². The van der Waals surface area contributed by atoms with E-state index < -0.39 is 0 Å². The lowest BCUT2D eigenvalue weighted by molar-refractivity contribution is 0.0805. The first kappa shape index (κ1) is 19.4. The lowest BCUT2D eigenvalue weighted by Gasteiger charge is -2.41. The zero-order valence-electron chi connectivity index (χ0n) is 17.5. The van der Waals surface area contributed by atoms with Gasteiger partial charge < -0.3 is 9.80 Å². The summed E-state index contributed by atoms with van der Waals surface area (Å²) in [5, 5.41) is 4.54. The molecular formula is C23H40N4. The van der Waals surface area contributed by atoms with E-state index in [0.717, 1.165) is 30.8 Å². The van der Waals surface area contributed by atoms with Crippen molar-refractivity contribution < 1.29 is 0 Å². The monoisotopic (exact) mass is 372 g/mol. The molecule has 4 rings (SSSR count). The van der Waals surface area contributed by atoms with Crippen LogP contribution in [0.15, 0.2) is 12.4 Å². The van der Waals surface area contributed by atoms with E-state index in [1.807, 2.05) is 6.20 Å². The molecule has 0 N–H and O–H groups in total. The first-order valence-corrected chi connectivity index (χ1v) is 11.8. The molecule has 0 unspecified atom stereocenters. The minimum absolute atomic E-state index is 0.819. The van der Waals surface area contributed by atoms with E-state index in [1.54, 1.807) is 0 Å². The molecule has 1 aliphatic carbocycles. The molecule has 2 saturated heterocycles. The third-order valence-corrected chi connectivity index (χ3v) is 7.50. The van der Waals surface area contributed by atoms with Crippen molar-refractivity contribution in [1.82, 2.24) is 19.6 Å². The molecule has 4 heteroatoms. The summed E-state index contributed by atoms with van der Waals surface area (Å²) >= 11 is 0. The number of aromatic nitrogens is 2. The van der Waals surface area contributed by atoms with Crippen molar-refractivity contribution in [2.45, 2.75) is 83.7 Å². The summed E-state index contributed by atoms with van der Waals surface area (Å²) in [6, 6.07) is 0.922. The van der Waals surface area contributed by atoms with E-state index >= 15 is 0 Å². The smallest absolute Gasteiger partial charge is 0.0521 e. The van der Waals surface area contributed by atoms with Crippen LogP contribution in [0.3, 0.4) is 0 Å². The molecule has 2 aliphatic heterocycles. The molecule has 152 valence electrons. The molecule has 3 fully saturated rings. The predicted octanol–water partition coefficient (Wildman–Crippen LogP) is 4.20. The number of hydrogen-bond acceptors (Lipinski definition) is 3. The summed E-state index contributed by atoms with van der Waals surface area (Å²) in [5.74, 6) is 1.76. The molecule has 0 atom stereocenters. The van der Waals surface area contributed by atoms with Crippen LogP contribution in [0, 0.1) is 11.8 Å². The molecular weight excluding hydrogens is 332 g/mol. The van der Waals surface area contributed by atoms with Gasteiger partial charge in [0.05, 0.1) is 6.20 Å². The van der Waals surface area contributed by atoms with Crippen molar-refractivity contribution in [3.8, 4) is 0 Å². The predicted molar refractivity (Wildman–Crippen MR) is 112 cm³/mol. The Bertz CT molecular complexity index is 546. The average molecular weight is 373 g/mol. The van der Waals surface area contributed by atoms with Crippen LogP contribution in [0.2, 0.25) is 0 Å². The maximum Gasteiger partial charge on any atom is 0.0521 e. The fraction of sp³-hybridized carbons (Fsp3) is 0.870. The van der Waals surface area contributed by atoms with Gasteiger partial charge in [-0.25, -0.2) is 0 Å². The zero-order valence-corrected chi connectivity index (χ0v) is 17.5. The molecule has 27 heavy (non-hydrogen) atoms.